The number of aliphatic imine (C=N–C) groups is 1. The van der Waals surface area contributed by atoms with E-state index in [0.717, 1.165) is 24.1 Å². The number of rotatable bonds is 4. The van der Waals surface area contributed by atoms with E-state index in [-0.39, 0.29) is 0 Å². The Kier molecular flexibility index (Phi) is 4.59. The summed E-state index contributed by atoms with van der Waals surface area (Å²) >= 11 is 0. The molecule has 0 spiro atoms. The summed E-state index contributed by atoms with van der Waals surface area (Å²) < 4.78 is 26.5. The van der Waals surface area contributed by atoms with Gasteiger partial charge in [-0.3, -0.25) is 4.99 Å². The minimum atomic E-state index is -3.35. The Bertz CT molecular complexity index is 805. The molecule has 1 aliphatic heterocycles. The number of hydrogen-bond acceptors (Lipinski definition) is 3. The Morgan fingerprint density at radius 3 is 2.39 bits per heavy atom. The molecule has 5 heteroatoms. The third-order valence-electron chi connectivity index (χ3n) is 3.94. The quantitative estimate of drug-likeness (QED) is 0.806. The van der Waals surface area contributed by atoms with E-state index in [2.05, 4.69) is 11.1 Å². The Balaban J connectivity index is 1.77. The summed E-state index contributed by atoms with van der Waals surface area (Å²) in [6, 6.07) is 14.8. The fourth-order valence-corrected chi connectivity index (χ4v) is 4.20. The summed E-state index contributed by atoms with van der Waals surface area (Å²) in [5.74, 6) is 0. The number of sulfonamides is 1. The van der Waals surface area contributed by atoms with E-state index >= 15 is 0 Å². The summed E-state index contributed by atoms with van der Waals surface area (Å²) in [5.41, 5.74) is 2.95. The monoisotopic (exact) mass is 328 g/mol. The molecule has 0 amide bonds. The molecule has 1 saturated heterocycles. The van der Waals surface area contributed by atoms with E-state index in [4.69, 9.17) is 0 Å². The second-order valence-electron chi connectivity index (χ2n) is 5.78. The molecule has 23 heavy (non-hydrogen) atoms. The highest BCUT2D eigenvalue weighted by Crippen LogP contribution is 2.23. The van der Waals surface area contributed by atoms with Crippen LogP contribution in [0.15, 0.2) is 58.4 Å². The van der Waals surface area contributed by atoms with E-state index in [9.17, 15) is 8.42 Å². The predicted octanol–water partition coefficient (Wildman–Crippen LogP) is 3.53. The molecule has 0 N–H and O–H groups in total. The predicted molar refractivity (Wildman–Crippen MR) is 92.9 cm³/mol. The van der Waals surface area contributed by atoms with E-state index in [1.165, 1.54) is 5.56 Å². The molecule has 1 aliphatic rings. The maximum atomic E-state index is 12.5. The molecule has 0 aromatic heterocycles. The summed E-state index contributed by atoms with van der Waals surface area (Å²) in [6.07, 6.45) is 3.67. The van der Waals surface area contributed by atoms with Gasteiger partial charge < -0.3 is 0 Å². The zero-order valence-corrected chi connectivity index (χ0v) is 14.0. The SMILES string of the molecule is Cc1cccc(C=Nc2ccc(S(=O)(=O)N3CCCC3)cc2)c1. The number of aryl methyl sites for hydroxylation is 1. The molecule has 0 unspecified atom stereocenters. The maximum Gasteiger partial charge on any atom is 0.243 e. The van der Waals surface area contributed by atoms with Crippen LogP contribution in [0.3, 0.4) is 0 Å². The molecule has 4 nitrogen and oxygen atoms in total. The van der Waals surface area contributed by atoms with E-state index in [0.29, 0.717) is 18.0 Å². The van der Waals surface area contributed by atoms with Crippen molar-refractivity contribution in [3.05, 3.63) is 59.7 Å². The first kappa shape index (κ1) is 15.9. The average Bonchev–Trinajstić information content (AvgIpc) is 3.09. The fraction of sp³-hybridized carbons (Fsp3) is 0.278. The summed E-state index contributed by atoms with van der Waals surface area (Å²) in [5, 5.41) is 0. The van der Waals surface area contributed by atoms with Gasteiger partial charge >= 0.3 is 0 Å². The van der Waals surface area contributed by atoms with Crippen LogP contribution in [0.1, 0.15) is 24.0 Å². The van der Waals surface area contributed by atoms with Gasteiger partial charge in [-0.1, -0.05) is 29.8 Å². The first-order valence-corrected chi connectivity index (χ1v) is 9.21. The van der Waals surface area contributed by atoms with Crippen molar-refractivity contribution in [2.75, 3.05) is 13.1 Å². The highest BCUT2D eigenvalue weighted by molar-refractivity contribution is 7.89. The van der Waals surface area contributed by atoms with Crippen LogP contribution in [0, 0.1) is 6.92 Å². The van der Waals surface area contributed by atoms with Crippen molar-refractivity contribution in [1.82, 2.24) is 4.31 Å². The molecule has 3 rings (SSSR count). The second-order valence-corrected chi connectivity index (χ2v) is 7.72. The molecule has 120 valence electrons. The Labute approximate surface area is 137 Å². The Morgan fingerprint density at radius 2 is 1.74 bits per heavy atom. The van der Waals surface area contributed by atoms with E-state index < -0.39 is 10.0 Å². The van der Waals surface area contributed by atoms with E-state index in [1.807, 2.05) is 25.1 Å². The zero-order valence-electron chi connectivity index (χ0n) is 13.1. The minimum absolute atomic E-state index is 0.342. The zero-order chi connectivity index (χ0) is 16.3. The van der Waals surface area contributed by atoms with E-state index in [1.54, 1.807) is 34.8 Å². The average molecular weight is 328 g/mol. The van der Waals surface area contributed by atoms with Gasteiger partial charge in [0.05, 0.1) is 10.6 Å². The first-order chi connectivity index (χ1) is 11.1. The van der Waals surface area contributed by atoms with Crippen LogP contribution in [-0.2, 0) is 10.0 Å². The lowest BCUT2D eigenvalue weighted by Crippen LogP contribution is -2.27. The van der Waals surface area contributed by atoms with Crippen molar-refractivity contribution in [2.45, 2.75) is 24.7 Å². The highest BCUT2D eigenvalue weighted by atomic mass is 32.2. The van der Waals surface area contributed by atoms with Crippen molar-refractivity contribution in [3.8, 4) is 0 Å². The summed E-state index contributed by atoms with van der Waals surface area (Å²) in [4.78, 5) is 4.75. The van der Waals surface area contributed by atoms with Crippen LogP contribution in [-0.4, -0.2) is 32.0 Å². The largest absolute Gasteiger partial charge is 0.256 e. The van der Waals surface area contributed by atoms with Crippen molar-refractivity contribution in [3.63, 3.8) is 0 Å². The molecule has 0 saturated carbocycles. The van der Waals surface area contributed by atoms with Gasteiger partial charge in [-0.05, 0) is 49.6 Å². The van der Waals surface area contributed by atoms with Gasteiger partial charge in [0, 0.05) is 19.3 Å². The minimum Gasteiger partial charge on any atom is -0.256 e. The number of nitrogens with zero attached hydrogens (tertiary/aromatic N) is 2. The molecular formula is C18H20N2O2S. The van der Waals surface area contributed by atoms with Crippen molar-refractivity contribution >= 4 is 21.9 Å². The number of benzene rings is 2. The van der Waals surface area contributed by atoms with Gasteiger partial charge in [0.1, 0.15) is 0 Å². The van der Waals surface area contributed by atoms with Gasteiger partial charge in [-0.2, -0.15) is 4.31 Å². The normalized spacial score (nSPS) is 16.2. The standard InChI is InChI=1S/C18H20N2O2S/c1-15-5-4-6-16(13-15)14-19-17-7-9-18(10-8-17)23(21,22)20-11-2-3-12-20/h4-10,13-14H,2-3,11-12H2,1H3. The lowest BCUT2D eigenvalue weighted by atomic mass is 10.1. The molecule has 2 aromatic carbocycles. The van der Waals surface area contributed by atoms with Crippen LogP contribution >= 0.6 is 0 Å². The summed E-state index contributed by atoms with van der Waals surface area (Å²) in [7, 11) is -3.35. The third kappa shape index (κ3) is 3.68. The maximum absolute atomic E-state index is 12.5. The summed E-state index contributed by atoms with van der Waals surface area (Å²) in [6.45, 7) is 3.28. The lowest BCUT2D eigenvalue weighted by molar-refractivity contribution is 0.477. The van der Waals surface area contributed by atoms with Crippen molar-refractivity contribution in [2.24, 2.45) is 4.99 Å². The Morgan fingerprint density at radius 1 is 1.04 bits per heavy atom. The van der Waals surface area contributed by atoms with Gasteiger partial charge in [0.2, 0.25) is 10.0 Å². The van der Waals surface area contributed by atoms with Crippen molar-refractivity contribution < 1.29 is 8.42 Å². The molecule has 0 radical (unpaired) electrons. The van der Waals surface area contributed by atoms with Gasteiger partial charge in [-0.15, -0.1) is 0 Å². The van der Waals surface area contributed by atoms with Gasteiger partial charge in [0.25, 0.3) is 0 Å². The van der Waals surface area contributed by atoms with Crippen LogP contribution in [0.25, 0.3) is 0 Å². The van der Waals surface area contributed by atoms with Gasteiger partial charge in [-0.25, -0.2) is 8.42 Å². The highest BCUT2D eigenvalue weighted by Gasteiger charge is 2.26. The molecule has 0 atom stereocenters. The molecule has 1 fully saturated rings. The molecule has 0 bridgehead atoms. The number of hydrogen-bond donors (Lipinski definition) is 0. The van der Waals surface area contributed by atoms with Gasteiger partial charge in [0.15, 0.2) is 0 Å². The fourth-order valence-electron chi connectivity index (χ4n) is 2.68. The molecule has 0 aliphatic carbocycles. The molecule has 1 heterocycles. The second kappa shape index (κ2) is 6.64. The lowest BCUT2D eigenvalue weighted by Gasteiger charge is -2.15. The smallest absolute Gasteiger partial charge is 0.243 e. The topological polar surface area (TPSA) is 49.7 Å². The Hall–Kier alpha value is -1.98. The third-order valence-corrected chi connectivity index (χ3v) is 5.86. The molecular weight excluding hydrogens is 308 g/mol. The van der Waals surface area contributed by atoms with Crippen LogP contribution in [0.4, 0.5) is 5.69 Å². The van der Waals surface area contributed by atoms with Crippen LogP contribution < -0.4 is 0 Å². The van der Waals surface area contributed by atoms with Crippen LogP contribution in [0.2, 0.25) is 0 Å². The van der Waals surface area contributed by atoms with Crippen LogP contribution in [0.5, 0.6) is 0 Å². The first-order valence-electron chi connectivity index (χ1n) is 7.77. The van der Waals surface area contributed by atoms with Crippen molar-refractivity contribution in [1.29, 1.82) is 0 Å². The molecule has 2 aromatic rings.